The van der Waals surface area contributed by atoms with Gasteiger partial charge in [-0.2, -0.15) is 0 Å². The Kier molecular flexibility index (Phi) is 4.97. The molecule has 0 saturated carbocycles. The lowest BCUT2D eigenvalue weighted by molar-refractivity contribution is -0.384. The highest BCUT2D eigenvalue weighted by molar-refractivity contribution is 6.31. The predicted octanol–water partition coefficient (Wildman–Crippen LogP) is 4.56. The van der Waals surface area contributed by atoms with E-state index in [0.29, 0.717) is 27.4 Å². The van der Waals surface area contributed by atoms with Crippen LogP contribution in [0.4, 0.5) is 11.4 Å². The Bertz CT molecular complexity index is 1250. The van der Waals surface area contributed by atoms with E-state index < -0.39 is 4.92 Å². The first-order valence-corrected chi connectivity index (χ1v) is 9.16. The van der Waals surface area contributed by atoms with Crippen molar-refractivity contribution in [3.8, 4) is 5.69 Å². The lowest BCUT2D eigenvalue weighted by Gasteiger charge is -2.15. The number of aromatic nitrogens is 2. The van der Waals surface area contributed by atoms with Gasteiger partial charge in [-0.05, 0) is 42.5 Å². The van der Waals surface area contributed by atoms with Gasteiger partial charge in [0.1, 0.15) is 5.82 Å². The molecule has 0 radical (unpaired) electrons. The van der Waals surface area contributed by atoms with E-state index >= 15 is 0 Å². The number of nitro benzene ring substituents is 1. The van der Waals surface area contributed by atoms with Crippen LogP contribution in [0.2, 0.25) is 5.02 Å². The summed E-state index contributed by atoms with van der Waals surface area (Å²) < 4.78 is 1.44. The minimum Gasteiger partial charge on any atom is -0.378 e. The minimum absolute atomic E-state index is 0.0532. The first-order chi connectivity index (χ1) is 14.0. The second-order valence-corrected chi connectivity index (χ2v) is 6.76. The van der Waals surface area contributed by atoms with Crippen LogP contribution in [0.5, 0.6) is 0 Å². The van der Waals surface area contributed by atoms with Crippen molar-refractivity contribution in [1.29, 1.82) is 0 Å². The number of rotatable bonds is 5. The van der Waals surface area contributed by atoms with E-state index in [0.717, 1.165) is 5.69 Å². The molecular weight excluding hydrogens is 392 g/mol. The molecule has 0 saturated heterocycles. The minimum atomic E-state index is -0.483. The van der Waals surface area contributed by atoms with E-state index in [1.54, 1.807) is 18.2 Å². The number of nitro groups is 1. The molecule has 29 heavy (non-hydrogen) atoms. The number of benzene rings is 3. The topological polar surface area (TPSA) is 90.1 Å². The van der Waals surface area contributed by atoms with Gasteiger partial charge in [-0.1, -0.05) is 29.8 Å². The number of anilines is 1. The van der Waals surface area contributed by atoms with Gasteiger partial charge >= 0.3 is 0 Å². The van der Waals surface area contributed by atoms with Crippen LogP contribution in [0, 0.1) is 10.1 Å². The van der Waals surface area contributed by atoms with Crippen LogP contribution in [0.25, 0.3) is 16.6 Å². The second kappa shape index (κ2) is 7.73. The zero-order valence-electron chi connectivity index (χ0n) is 15.1. The van der Waals surface area contributed by atoms with E-state index in [1.165, 1.54) is 28.8 Å². The summed E-state index contributed by atoms with van der Waals surface area (Å²) in [6.07, 6.45) is 0. The van der Waals surface area contributed by atoms with Gasteiger partial charge in [0.05, 0.1) is 28.1 Å². The summed E-state index contributed by atoms with van der Waals surface area (Å²) in [5.41, 5.74) is 1.55. The SMILES string of the molecule is O=c1c2cc(Cl)ccc2nc(CNc2ccccc2)n1-c1ccc([N+](=O)[O-])cc1. The fraction of sp³-hybridized carbons (Fsp3) is 0.0476. The molecule has 4 aromatic rings. The molecule has 1 N–H and O–H groups in total. The molecule has 0 aliphatic carbocycles. The number of fused-ring (bicyclic) bond motifs is 1. The molecule has 0 unspecified atom stereocenters. The Balaban J connectivity index is 1.85. The zero-order chi connectivity index (χ0) is 20.4. The lowest BCUT2D eigenvalue weighted by Crippen LogP contribution is -2.25. The van der Waals surface area contributed by atoms with Crippen LogP contribution in [-0.2, 0) is 6.54 Å². The Morgan fingerprint density at radius 1 is 1.03 bits per heavy atom. The fourth-order valence-electron chi connectivity index (χ4n) is 3.05. The maximum absolute atomic E-state index is 13.2. The van der Waals surface area contributed by atoms with E-state index in [9.17, 15) is 14.9 Å². The van der Waals surface area contributed by atoms with Gasteiger partial charge in [-0.15, -0.1) is 0 Å². The Morgan fingerprint density at radius 2 is 1.76 bits per heavy atom. The number of nitrogens with zero attached hydrogens (tertiary/aromatic N) is 3. The molecule has 0 aliphatic heterocycles. The van der Waals surface area contributed by atoms with E-state index in [-0.39, 0.29) is 17.8 Å². The fourth-order valence-corrected chi connectivity index (χ4v) is 3.22. The average molecular weight is 407 g/mol. The molecule has 0 bridgehead atoms. The van der Waals surface area contributed by atoms with E-state index in [2.05, 4.69) is 10.3 Å². The zero-order valence-corrected chi connectivity index (χ0v) is 15.8. The quantitative estimate of drug-likeness (QED) is 0.387. The van der Waals surface area contributed by atoms with Gasteiger partial charge < -0.3 is 5.32 Å². The van der Waals surface area contributed by atoms with Crippen molar-refractivity contribution in [2.45, 2.75) is 6.54 Å². The molecule has 0 amide bonds. The molecular formula is C21H15ClN4O3. The van der Waals surface area contributed by atoms with Crippen molar-refractivity contribution < 1.29 is 4.92 Å². The van der Waals surface area contributed by atoms with Gasteiger partial charge in [0.25, 0.3) is 11.2 Å². The van der Waals surface area contributed by atoms with Crippen molar-refractivity contribution in [3.63, 3.8) is 0 Å². The highest BCUT2D eigenvalue weighted by Gasteiger charge is 2.14. The molecule has 1 heterocycles. The van der Waals surface area contributed by atoms with E-state index in [1.807, 2.05) is 30.3 Å². The van der Waals surface area contributed by atoms with Crippen LogP contribution in [0.15, 0.2) is 77.6 Å². The van der Waals surface area contributed by atoms with Gasteiger partial charge in [-0.3, -0.25) is 19.5 Å². The largest absolute Gasteiger partial charge is 0.378 e. The molecule has 3 aromatic carbocycles. The second-order valence-electron chi connectivity index (χ2n) is 6.32. The molecule has 144 valence electrons. The summed E-state index contributed by atoms with van der Waals surface area (Å²) in [5, 5.41) is 15.0. The van der Waals surface area contributed by atoms with E-state index in [4.69, 9.17) is 11.6 Å². The molecule has 0 aliphatic rings. The summed E-state index contributed by atoms with van der Waals surface area (Å²) >= 11 is 6.06. The summed E-state index contributed by atoms with van der Waals surface area (Å²) in [4.78, 5) is 28.3. The smallest absolute Gasteiger partial charge is 0.269 e. The standard InChI is InChI=1S/C21H15ClN4O3/c22-14-6-11-19-18(12-14)21(27)25(16-7-9-17(10-8-16)26(28)29)20(24-19)13-23-15-4-2-1-3-5-15/h1-12,23H,13H2. The highest BCUT2D eigenvalue weighted by Crippen LogP contribution is 2.20. The van der Waals surface area contributed by atoms with Gasteiger partial charge in [0.15, 0.2) is 0 Å². The van der Waals surface area contributed by atoms with Gasteiger partial charge in [0.2, 0.25) is 0 Å². The molecule has 1 aromatic heterocycles. The van der Waals surface area contributed by atoms with Gasteiger partial charge in [0, 0.05) is 22.8 Å². The average Bonchev–Trinajstić information content (AvgIpc) is 2.74. The van der Waals surface area contributed by atoms with Crippen molar-refractivity contribution in [2.75, 3.05) is 5.32 Å². The van der Waals surface area contributed by atoms with Crippen molar-refractivity contribution >= 4 is 33.9 Å². The van der Waals surface area contributed by atoms with Crippen LogP contribution in [-0.4, -0.2) is 14.5 Å². The summed E-state index contributed by atoms with van der Waals surface area (Å²) in [5.74, 6) is 0.475. The molecule has 7 nitrogen and oxygen atoms in total. The summed E-state index contributed by atoms with van der Waals surface area (Å²) in [7, 11) is 0. The van der Waals surface area contributed by atoms with Crippen LogP contribution < -0.4 is 10.9 Å². The Hall–Kier alpha value is -3.71. The number of hydrogen-bond donors (Lipinski definition) is 1. The molecule has 8 heteroatoms. The van der Waals surface area contributed by atoms with Crippen molar-refractivity contribution in [2.24, 2.45) is 0 Å². The number of non-ortho nitro benzene ring substituents is 1. The Morgan fingerprint density at radius 3 is 2.45 bits per heavy atom. The van der Waals surface area contributed by atoms with Crippen molar-refractivity contribution in [1.82, 2.24) is 9.55 Å². The maximum Gasteiger partial charge on any atom is 0.269 e. The molecule has 0 fully saturated rings. The normalized spacial score (nSPS) is 10.8. The maximum atomic E-state index is 13.2. The van der Waals surface area contributed by atoms with Crippen LogP contribution in [0.3, 0.4) is 0 Å². The predicted molar refractivity (Wildman–Crippen MR) is 113 cm³/mol. The summed E-state index contributed by atoms with van der Waals surface area (Å²) in [6.45, 7) is 0.287. The molecule has 4 rings (SSSR count). The first-order valence-electron chi connectivity index (χ1n) is 8.78. The third-order valence-electron chi connectivity index (χ3n) is 4.44. The number of nitrogens with one attached hydrogen (secondary N) is 1. The number of hydrogen-bond acceptors (Lipinski definition) is 5. The highest BCUT2D eigenvalue weighted by atomic mass is 35.5. The summed E-state index contributed by atoms with van der Waals surface area (Å²) in [6, 6.07) is 20.3. The monoisotopic (exact) mass is 406 g/mol. The van der Waals surface area contributed by atoms with Crippen molar-refractivity contribution in [3.05, 3.63) is 104 Å². The van der Waals surface area contributed by atoms with Crippen LogP contribution in [0.1, 0.15) is 5.82 Å². The third-order valence-corrected chi connectivity index (χ3v) is 4.68. The number of halogens is 1. The molecule has 0 spiro atoms. The van der Waals surface area contributed by atoms with Crippen LogP contribution >= 0.6 is 11.6 Å². The van der Waals surface area contributed by atoms with Gasteiger partial charge in [-0.25, -0.2) is 4.98 Å². The molecule has 0 atom stereocenters. The lowest BCUT2D eigenvalue weighted by atomic mass is 10.2. The number of para-hydroxylation sites is 1. The first kappa shape index (κ1) is 18.6. The third kappa shape index (κ3) is 3.81. The Labute approximate surface area is 170 Å².